The van der Waals surface area contributed by atoms with Gasteiger partial charge in [0.25, 0.3) is 0 Å². The second kappa shape index (κ2) is 4.07. The van der Waals surface area contributed by atoms with Crippen LogP contribution in [0.25, 0.3) is 0 Å². The summed E-state index contributed by atoms with van der Waals surface area (Å²) in [5.74, 6) is 0.546. The van der Waals surface area contributed by atoms with Crippen LogP contribution in [0.2, 0.25) is 0 Å². The molecule has 1 aromatic rings. The van der Waals surface area contributed by atoms with Gasteiger partial charge >= 0.3 is 0 Å². The third-order valence-electron chi connectivity index (χ3n) is 3.09. The lowest BCUT2D eigenvalue weighted by Gasteiger charge is -2.18. The van der Waals surface area contributed by atoms with Crippen LogP contribution in [0.3, 0.4) is 0 Å². The summed E-state index contributed by atoms with van der Waals surface area (Å²) in [5, 5.41) is 4.69. The van der Waals surface area contributed by atoms with Crippen molar-refractivity contribution in [2.45, 2.75) is 55.9 Å². The van der Waals surface area contributed by atoms with Gasteiger partial charge in [-0.3, -0.25) is 4.68 Å². The van der Waals surface area contributed by atoms with Crippen LogP contribution < -0.4 is 0 Å². The van der Waals surface area contributed by atoms with E-state index in [0.717, 1.165) is 13.0 Å². The molecule has 15 heavy (non-hydrogen) atoms. The highest BCUT2D eigenvalue weighted by molar-refractivity contribution is 14.1. The maximum atomic E-state index is 4.69. The van der Waals surface area contributed by atoms with Gasteiger partial charge in [0.05, 0.1) is 5.69 Å². The summed E-state index contributed by atoms with van der Waals surface area (Å²) in [6.07, 6.45) is 3.72. The van der Waals surface area contributed by atoms with E-state index in [0.29, 0.717) is 9.34 Å². The summed E-state index contributed by atoms with van der Waals surface area (Å²) in [4.78, 5) is 0. The summed E-state index contributed by atoms with van der Waals surface area (Å²) in [5.41, 5.74) is 2.67. The summed E-state index contributed by atoms with van der Waals surface area (Å²) < 4.78 is 2.64. The minimum absolute atomic E-state index is 0.417. The Bertz CT molecular complexity index is 353. The van der Waals surface area contributed by atoms with E-state index in [1.54, 1.807) is 0 Å². The molecule has 2 heterocycles. The lowest BCUT2D eigenvalue weighted by atomic mass is 10.0. The monoisotopic (exact) mass is 318 g/mol. The lowest BCUT2D eigenvalue weighted by molar-refractivity contribution is 0.549. The number of hydrogen-bond acceptors (Lipinski definition) is 1. The van der Waals surface area contributed by atoms with Gasteiger partial charge in [-0.1, -0.05) is 43.4 Å². The van der Waals surface area contributed by atoms with E-state index in [1.165, 1.54) is 24.2 Å². The molecule has 2 nitrogen and oxygen atoms in total. The number of aromatic nitrogens is 2. The van der Waals surface area contributed by atoms with Crippen LogP contribution in [0.1, 0.15) is 50.9 Å². The fourth-order valence-electron chi connectivity index (χ4n) is 2.16. The zero-order valence-corrected chi connectivity index (χ0v) is 11.9. The molecule has 0 spiro atoms. The van der Waals surface area contributed by atoms with Crippen molar-refractivity contribution in [3.8, 4) is 0 Å². The van der Waals surface area contributed by atoms with Gasteiger partial charge in [0.1, 0.15) is 0 Å². The van der Waals surface area contributed by atoms with E-state index in [4.69, 9.17) is 0 Å². The second-order valence-corrected chi connectivity index (χ2v) is 7.74. The van der Waals surface area contributed by atoms with Crippen LogP contribution >= 0.6 is 22.6 Å². The van der Waals surface area contributed by atoms with Crippen molar-refractivity contribution in [1.82, 2.24) is 9.78 Å². The molecule has 2 rings (SSSR count). The van der Waals surface area contributed by atoms with Gasteiger partial charge in [-0.15, -0.1) is 0 Å². The first-order valence-corrected chi connectivity index (χ1v) is 6.81. The Morgan fingerprint density at radius 1 is 1.53 bits per heavy atom. The molecule has 0 fully saturated rings. The number of halogens is 1. The fraction of sp³-hybridized carbons (Fsp3) is 0.750. The molecule has 1 aliphatic heterocycles. The van der Waals surface area contributed by atoms with Gasteiger partial charge in [-0.2, -0.15) is 5.10 Å². The molecule has 0 bridgehead atoms. The molecule has 0 aliphatic carbocycles. The first-order chi connectivity index (χ1) is 6.98. The van der Waals surface area contributed by atoms with Crippen LogP contribution in [0, 0.1) is 0 Å². The summed E-state index contributed by atoms with van der Waals surface area (Å²) >= 11 is 2.60. The molecule has 3 heteroatoms. The molecule has 0 radical (unpaired) electrons. The zero-order chi connectivity index (χ0) is 11.1. The van der Waals surface area contributed by atoms with Crippen molar-refractivity contribution < 1.29 is 0 Å². The first-order valence-electron chi connectivity index (χ1n) is 5.73. The van der Waals surface area contributed by atoms with Crippen molar-refractivity contribution in [3.63, 3.8) is 0 Å². The Morgan fingerprint density at radius 3 is 2.93 bits per heavy atom. The predicted molar refractivity (Wildman–Crippen MR) is 71.7 cm³/mol. The van der Waals surface area contributed by atoms with Crippen LogP contribution in [-0.4, -0.2) is 13.2 Å². The third-order valence-corrected chi connectivity index (χ3v) is 4.01. The van der Waals surface area contributed by atoms with E-state index in [2.05, 4.69) is 59.2 Å². The van der Waals surface area contributed by atoms with Crippen molar-refractivity contribution in [1.29, 1.82) is 0 Å². The third kappa shape index (κ3) is 2.55. The number of nitrogens with zero attached hydrogens (tertiary/aromatic N) is 2. The van der Waals surface area contributed by atoms with Gasteiger partial charge in [0.2, 0.25) is 0 Å². The van der Waals surface area contributed by atoms with Gasteiger partial charge in [0, 0.05) is 22.1 Å². The molecule has 1 aliphatic rings. The number of aryl methyl sites for hydroxylation is 1. The maximum absolute atomic E-state index is 4.69. The van der Waals surface area contributed by atoms with Crippen LogP contribution in [0.15, 0.2) is 6.07 Å². The topological polar surface area (TPSA) is 17.8 Å². The van der Waals surface area contributed by atoms with E-state index in [9.17, 15) is 0 Å². The summed E-state index contributed by atoms with van der Waals surface area (Å²) in [7, 11) is 0. The SMILES string of the molecule is CC(C)c1cc2n(n1)CCCC(C)(I)C2. The van der Waals surface area contributed by atoms with Crippen LogP contribution in [0.4, 0.5) is 0 Å². The quantitative estimate of drug-likeness (QED) is 0.572. The molecular weight excluding hydrogens is 299 g/mol. The smallest absolute Gasteiger partial charge is 0.0652 e. The van der Waals surface area contributed by atoms with Crippen molar-refractivity contribution in [2.24, 2.45) is 0 Å². The Labute approximate surface area is 106 Å². The van der Waals surface area contributed by atoms with Crippen LogP contribution in [-0.2, 0) is 13.0 Å². The van der Waals surface area contributed by atoms with Crippen molar-refractivity contribution in [3.05, 3.63) is 17.5 Å². The normalized spacial score (nSPS) is 26.5. The number of fused-ring (bicyclic) bond motifs is 1. The molecule has 0 aromatic carbocycles. The van der Waals surface area contributed by atoms with Crippen molar-refractivity contribution in [2.75, 3.05) is 0 Å². The highest BCUT2D eigenvalue weighted by Crippen LogP contribution is 2.32. The van der Waals surface area contributed by atoms with Gasteiger partial charge in [-0.05, 0) is 24.8 Å². The highest BCUT2D eigenvalue weighted by atomic mass is 127. The minimum atomic E-state index is 0.417. The molecule has 0 amide bonds. The standard InChI is InChI=1S/C12H19IN2/c1-9(2)11-7-10-8-12(3,13)5-4-6-15(10)14-11/h7,9H,4-6,8H2,1-3H3. The van der Waals surface area contributed by atoms with E-state index < -0.39 is 0 Å². The Kier molecular flexibility index (Phi) is 3.10. The van der Waals surface area contributed by atoms with E-state index in [1.807, 2.05) is 0 Å². The van der Waals surface area contributed by atoms with E-state index in [-0.39, 0.29) is 0 Å². The Balaban J connectivity index is 2.31. The molecule has 0 saturated carbocycles. The largest absolute Gasteiger partial charge is 0.269 e. The molecule has 0 saturated heterocycles. The molecule has 0 N–H and O–H groups in total. The van der Waals surface area contributed by atoms with Crippen LogP contribution in [0.5, 0.6) is 0 Å². The Hall–Kier alpha value is -0.0600. The molecule has 1 unspecified atom stereocenters. The Morgan fingerprint density at radius 2 is 2.27 bits per heavy atom. The highest BCUT2D eigenvalue weighted by Gasteiger charge is 2.26. The molecular formula is C12H19IN2. The zero-order valence-electron chi connectivity index (χ0n) is 9.76. The number of hydrogen-bond donors (Lipinski definition) is 0. The summed E-state index contributed by atoms with van der Waals surface area (Å²) in [6.45, 7) is 7.88. The molecule has 84 valence electrons. The van der Waals surface area contributed by atoms with Gasteiger partial charge in [-0.25, -0.2) is 0 Å². The second-order valence-electron chi connectivity index (χ2n) is 5.13. The molecule has 1 atom stereocenters. The fourth-order valence-corrected chi connectivity index (χ4v) is 2.93. The average molecular weight is 318 g/mol. The maximum Gasteiger partial charge on any atom is 0.0652 e. The summed E-state index contributed by atoms with van der Waals surface area (Å²) in [6, 6.07) is 2.30. The molecule has 1 aromatic heterocycles. The lowest BCUT2D eigenvalue weighted by Crippen LogP contribution is -2.17. The number of alkyl halides is 1. The van der Waals surface area contributed by atoms with Gasteiger partial charge in [0.15, 0.2) is 0 Å². The van der Waals surface area contributed by atoms with E-state index >= 15 is 0 Å². The first kappa shape index (κ1) is 11.4. The predicted octanol–water partition coefficient (Wildman–Crippen LogP) is 3.54. The van der Waals surface area contributed by atoms with Crippen molar-refractivity contribution >= 4 is 22.6 Å². The average Bonchev–Trinajstić information content (AvgIpc) is 2.42. The minimum Gasteiger partial charge on any atom is -0.269 e. The number of rotatable bonds is 1. The van der Waals surface area contributed by atoms with Gasteiger partial charge < -0.3 is 0 Å².